The number of rotatable bonds is 6. The van der Waals surface area contributed by atoms with Gasteiger partial charge < -0.3 is 9.64 Å². The standard InChI is InChI=1S/C13H24N2O5S/c1-4-14(9-7-12(16)20-2)13(17)11-6-5-8-15(10-11)21(3,18)19/h11H,4-10H2,1-3H3. The third kappa shape index (κ3) is 5.28. The Bertz CT molecular complexity index is 477. The lowest BCUT2D eigenvalue weighted by Crippen LogP contribution is -2.46. The number of methoxy groups -OCH3 is 1. The number of nitrogens with zero attached hydrogens (tertiary/aromatic N) is 2. The van der Waals surface area contributed by atoms with Crippen LogP contribution in [-0.4, -0.2) is 69.0 Å². The van der Waals surface area contributed by atoms with E-state index in [-0.39, 0.29) is 30.8 Å². The summed E-state index contributed by atoms with van der Waals surface area (Å²) in [6.45, 7) is 3.33. The Balaban J connectivity index is 2.65. The molecular formula is C13H24N2O5S. The fourth-order valence-corrected chi connectivity index (χ4v) is 3.37. The van der Waals surface area contributed by atoms with Crippen molar-refractivity contribution in [1.29, 1.82) is 0 Å². The zero-order valence-electron chi connectivity index (χ0n) is 12.9. The molecule has 1 aliphatic heterocycles. The van der Waals surface area contributed by atoms with Crippen molar-refractivity contribution in [3.63, 3.8) is 0 Å². The van der Waals surface area contributed by atoms with Gasteiger partial charge in [-0.3, -0.25) is 9.59 Å². The molecule has 0 radical (unpaired) electrons. The van der Waals surface area contributed by atoms with E-state index in [9.17, 15) is 18.0 Å². The quantitative estimate of drug-likeness (QED) is 0.647. The molecule has 0 aliphatic carbocycles. The second-order valence-corrected chi connectivity index (χ2v) is 7.19. The van der Waals surface area contributed by atoms with Gasteiger partial charge in [0.05, 0.1) is 25.7 Å². The van der Waals surface area contributed by atoms with Gasteiger partial charge in [-0.1, -0.05) is 0 Å². The van der Waals surface area contributed by atoms with Gasteiger partial charge in [0.2, 0.25) is 15.9 Å². The molecule has 8 heteroatoms. The summed E-state index contributed by atoms with van der Waals surface area (Å²) >= 11 is 0. The molecule has 0 aromatic carbocycles. The smallest absolute Gasteiger partial charge is 0.307 e. The Morgan fingerprint density at radius 1 is 1.38 bits per heavy atom. The molecule has 1 fully saturated rings. The maximum atomic E-state index is 12.5. The van der Waals surface area contributed by atoms with Gasteiger partial charge in [0, 0.05) is 26.2 Å². The predicted molar refractivity (Wildman–Crippen MR) is 78.0 cm³/mol. The third-order valence-electron chi connectivity index (χ3n) is 3.71. The molecule has 0 N–H and O–H groups in total. The van der Waals surface area contributed by atoms with Gasteiger partial charge in [0.1, 0.15) is 0 Å². The summed E-state index contributed by atoms with van der Waals surface area (Å²) in [7, 11) is -1.95. The second kappa shape index (κ2) is 7.74. The summed E-state index contributed by atoms with van der Waals surface area (Å²) in [5.41, 5.74) is 0. The Labute approximate surface area is 126 Å². The SMILES string of the molecule is CCN(CCC(=O)OC)C(=O)C1CCCN(S(C)(=O)=O)C1. The third-order valence-corrected chi connectivity index (χ3v) is 4.98. The van der Waals surface area contributed by atoms with Crippen molar-refractivity contribution in [2.75, 3.05) is 39.5 Å². The van der Waals surface area contributed by atoms with E-state index < -0.39 is 10.0 Å². The number of carbonyl (C=O) groups is 2. The summed E-state index contributed by atoms with van der Waals surface area (Å²) < 4.78 is 29.1. The Morgan fingerprint density at radius 3 is 2.57 bits per heavy atom. The molecule has 0 bridgehead atoms. The fourth-order valence-electron chi connectivity index (χ4n) is 2.46. The van der Waals surface area contributed by atoms with Crippen molar-refractivity contribution in [2.45, 2.75) is 26.2 Å². The van der Waals surface area contributed by atoms with Crippen molar-refractivity contribution >= 4 is 21.9 Å². The van der Waals surface area contributed by atoms with Crippen molar-refractivity contribution in [1.82, 2.24) is 9.21 Å². The first-order chi connectivity index (χ1) is 9.79. The lowest BCUT2D eigenvalue weighted by molar-refractivity contribution is -0.142. The molecule has 1 aliphatic rings. The molecule has 21 heavy (non-hydrogen) atoms. The molecule has 0 saturated carbocycles. The lowest BCUT2D eigenvalue weighted by atomic mass is 9.98. The summed E-state index contributed by atoms with van der Waals surface area (Å²) in [4.78, 5) is 25.2. The first-order valence-electron chi connectivity index (χ1n) is 7.10. The van der Waals surface area contributed by atoms with Crippen LogP contribution in [0.5, 0.6) is 0 Å². The predicted octanol–water partition coefficient (Wildman–Crippen LogP) is 0.0696. The average molecular weight is 320 g/mol. The highest BCUT2D eigenvalue weighted by atomic mass is 32.2. The molecule has 1 unspecified atom stereocenters. The van der Waals surface area contributed by atoms with Crippen molar-refractivity contribution in [2.24, 2.45) is 5.92 Å². The van der Waals surface area contributed by atoms with E-state index in [1.165, 1.54) is 11.4 Å². The van der Waals surface area contributed by atoms with Crippen LogP contribution in [0.4, 0.5) is 0 Å². The van der Waals surface area contributed by atoms with Crippen molar-refractivity contribution < 1.29 is 22.7 Å². The van der Waals surface area contributed by atoms with Crippen LogP contribution < -0.4 is 0 Å². The zero-order valence-corrected chi connectivity index (χ0v) is 13.7. The molecule has 0 aromatic rings. The highest BCUT2D eigenvalue weighted by molar-refractivity contribution is 7.88. The van der Waals surface area contributed by atoms with Gasteiger partial charge in [-0.25, -0.2) is 12.7 Å². The molecule has 122 valence electrons. The molecule has 1 saturated heterocycles. The molecule has 1 rings (SSSR count). The van der Waals surface area contributed by atoms with E-state index in [1.807, 2.05) is 6.92 Å². The maximum Gasteiger partial charge on any atom is 0.307 e. The summed E-state index contributed by atoms with van der Waals surface area (Å²) in [5, 5.41) is 0. The van der Waals surface area contributed by atoms with Crippen LogP contribution in [0.25, 0.3) is 0 Å². The minimum absolute atomic E-state index is 0.0882. The highest BCUT2D eigenvalue weighted by Crippen LogP contribution is 2.20. The van der Waals surface area contributed by atoms with Gasteiger partial charge in [-0.2, -0.15) is 0 Å². The molecular weight excluding hydrogens is 296 g/mol. The van der Waals surface area contributed by atoms with Gasteiger partial charge in [-0.05, 0) is 19.8 Å². The fraction of sp³-hybridized carbons (Fsp3) is 0.846. The molecule has 1 heterocycles. The van der Waals surface area contributed by atoms with E-state index in [2.05, 4.69) is 4.74 Å². The number of piperidine rings is 1. The largest absolute Gasteiger partial charge is 0.469 e. The van der Waals surface area contributed by atoms with Gasteiger partial charge in [0.25, 0.3) is 0 Å². The number of hydrogen-bond donors (Lipinski definition) is 0. The highest BCUT2D eigenvalue weighted by Gasteiger charge is 2.32. The number of hydrogen-bond acceptors (Lipinski definition) is 5. The molecule has 1 amide bonds. The van der Waals surface area contributed by atoms with Crippen LogP contribution in [-0.2, 0) is 24.3 Å². The van der Waals surface area contributed by atoms with E-state index in [0.717, 1.165) is 6.26 Å². The van der Waals surface area contributed by atoms with Crippen LogP contribution in [0.3, 0.4) is 0 Å². The zero-order chi connectivity index (χ0) is 16.0. The molecule has 0 aromatic heterocycles. The first-order valence-corrected chi connectivity index (χ1v) is 8.95. The van der Waals surface area contributed by atoms with Crippen LogP contribution in [0, 0.1) is 5.92 Å². The van der Waals surface area contributed by atoms with Gasteiger partial charge in [0.15, 0.2) is 0 Å². The van der Waals surface area contributed by atoms with Crippen LogP contribution in [0.15, 0.2) is 0 Å². The molecule has 7 nitrogen and oxygen atoms in total. The van der Waals surface area contributed by atoms with E-state index in [0.29, 0.717) is 32.5 Å². The number of esters is 1. The average Bonchev–Trinajstić information content (AvgIpc) is 2.46. The minimum atomic E-state index is -3.27. The summed E-state index contributed by atoms with van der Waals surface area (Å²) in [5.74, 6) is -0.775. The monoisotopic (exact) mass is 320 g/mol. The number of carbonyl (C=O) groups excluding carboxylic acids is 2. The van der Waals surface area contributed by atoms with E-state index in [4.69, 9.17) is 0 Å². The number of amides is 1. The van der Waals surface area contributed by atoms with Crippen LogP contribution in [0.1, 0.15) is 26.2 Å². The second-order valence-electron chi connectivity index (χ2n) is 5.20. The topological polar surface area (TPSA) is 84.0 Å². The van der Waals surface area contributed by atoms with E-state index >= 15 is 0 Å². The summed E-state index contributed by atoms with van der Waals surface area (Å²) in [6, 6.07) is 0. The van der Waals surface area contributed by atoms with Gasteiger partial charge >= 0.3 is 5.97 Å². The van der Waals surface area contributed by atoms with Crippen LogP contribution in [0.2, 0.25) is 0 Å². The normalized spacial score (nSPS) is 20.0. The molecule has 1 atom stereocenters. The van der Waals surface area contributed by atoms with Crippen molar-refractivity contribution in [3.8, 4) is 0 Å². The van der Waals surface area contributed by atoms with Crippen molar-refractivity contribution in [3.05, 3.63) is 0 Å². The Kier molecular flexibility index (Phi) is 6.60. The Morgan fingerprint density at radius 2 is 2.05 bits per heavy atom. The number of sulfonamides is 1. The lowest BCUT2D eigenvalue weighted by Gasteiger charge is -2.33. The molecule has 0 spiro atoms. The maximum absolute atomic E-state index is 12.5. The number of ether oxygens (including phenoxy) is 1. The van der Waals surface area contributed by atoms with E-state index in [1.54, 1.807) is 4.90 Å². The van der Waals surface area contributed by atoms with Gasteiger partial charge in [-0.15, -0.1) is 0 Å². The van der Waals surface area contributed by atoms with Crippen LogP contribution >= 0.6 is 0 Å². The Hall–Kier alpha value is -1.15. The summed E-state index contributed by atoms with van der Waals surface area (Å²) in [6.07, 6.45) is 2.67. The first kappa shape index (κ1) is 17.9. The minimum Gasteiger partial charge on any atom is -0.469 e.